The molecular weight excluding hydrogens is 232 g/mol. The topological polar surface area (TPSA) is 57.1 Å². The Balaban J connectivity index is 2.61. The molecule has 16 heavy (non-hydrogen) atoms. The van der Waals surface area contributed by atoms with Crippen LogP contribution in [-0.2, 0) is 6.00 Å². The summed E-state index contributed by atoms with van der Waals surface area (Å²) in [6, 6.07) is 6.80. The van der Waals surface area contributed by atoms with Crippen molar-refractivity contribution in [2.45, 2.75) is 12.9 Å². The van der Waals surface area contributed by atoms with Crippen LogP contribution in [0.25, 0.3) is 5.69 Å². The van der Waals surface area contributed by atoms with Gasteiger partial charge in [-0.15, -0.1) is 16.3 Å². The molecule has 5 nitrogen and oxygen atoms in total. The van der Waals surface area contributed by atoms with Crippen LogP contribution in [-0.4, -0.2) is 9.31 Å². The number of hydrogen-bond acceptors (Lipinski definition) is 3. The molecule has 0 bridgehead atoms. The second-order valence-corrected chi connectivity index (χ2v) is 3.56. The zero-order chi connectivity index (χ0) is 11.7. The van der Waals surface area contributed by atoms with Gasteiger partial charge in [-0.3, -0.25) is 0 Å². The second-order valence-electron chi connectivity index (χ2n) is 3.32. The van der Waals surface area contributed by atoms with Crippen molar-refractivity contribution in [1.82, 2.24) is 9.31 Å². The second kappa shape index (κ2) is 4.02. The molecule has 2 rings (SSSR count). The van der Waals surface area contributed by atoms with Gasteiger partial charge >= 0.3 is 11.4 Å². The summed E-state index contributed by atoms with van der Waals surface area (Å²) < 4.78 is 6.52. The minimum Gasteiger partial charge on any atom is -0.312 e. The van der Waals surface area contributed by atoms with Gasteiger partial charge in [0.15, 0.2) is 0 Å². The average Bonchev–Trinajstić information content (AvgIpc) is 2.55. The monoisotopic (exact) mass is 240 g/mol. The van der Waals surface area contributed by atoms with Crippen molar-refractivity contribution in [1.29, 1.82) is 0 Å². The van der Waals surface area contributed by atoms with E-state index >= 15 is 0 Å². The molecule has 6 heteroatoms. The maximum atomic E-state index is 11.7. The maximum Gasteiger partial charge on any atom is 0.444 e. The predicted octanol–water partition coefficient (Wildman–Crippen LogP) is 1.10. The van der Waals surface area contributed by atoms with E-state index in [1.807, 2.05) is 19.1 Å². The number of nitrogens with zero attached hydrogens (tertiary/aromatic N) is 2. The van der Waals surface area contributed by atoms with Crippen molar-refractivity contribution in [3.05, 3.63) is 50.9 Å². The van der Waals surface area contributed by atoms with Crippen LogP contribution in [0.3, 0.4) is 0 Å². The normalized spacial score (nSPS) is 10.6. The van der Waals surface area contributed by atoms with E-state index in [2.05, 4.69) is 0 Å². The van der Waals surface area contributed by atoms with Crippen LogP contribution in [0.1, 0.15) is 5.56 Å². The highest BCUT2D eigenvalue weighted by atomic mass is 35.5. The summed E-state index contributed by atoms with van der Waals surface area (Å²) in [5.41, 5.74) is 0.969. The lowest BCUT2D eigenvalue weighted by Crippen LogP contribution is -2.26. The minimum atomic E-state index is -0.763. The fraction of sp³-hybridized carbons (Fsp3) is 0.200. The molecule has 0 N–H and O–H groups in total. The molecule has 0 saturated heterocycles. The van der Waals surface area contributed by atoms with Crippen LogP contribution in [0.4, 0.5) is 0 Å². The smallest absolute Gasteiger partial charge is 0.312 e. The van der Waals surface area contributed by atoms with Crippen LogP contribution in [0.2, 0.25) is 0 Å². The molecule has 0 aliphatic carbocycles. The molecular formula is C10H9ClN2O3. The van der Waals surface area contributed by atoms with Crippen LogP contribution in [0.15, 0.2) is 38.4 Å². The Morgan fingerprint density at radius 1 is 1.25 bits per heavy atom. The highest BCUT2D eigenvalue weighted by Gasteiger charge is 2.11. The highest BCUT2D eigenvalue weighted by Crippen LogP contribution is 2.05. The van der Waals surface area contributed by atoms with Gasteiger partial charge in [0.05, 0.1) is 5.69 Å². The van der Waals surface area contributed by atoms with Gasteiger partial charge in [-0.05, 0) is 19.1 Å². The van der Waals surface area contributed by atoms with E-state index in [0.717, 1.165) is 14.9 Å². The molecule has 2 aromatic rings. The van der Waals surface area contributed by atoms with Crippen molar-refractivity contribution in [2.75, 3.05) is 0 Å². The molecule has 0 saturated carbocycles. The van der Waals surface area contributed by atoms with Crippen molar-refractivity contribution in [3.8, 4) is 5.69 Å². The summed E-state index contributed by atoms with van der Waals surface area (Å²) >= 11 is 5.45. The van der Waals surface area contributed by atoms with Gasteiger partial charge in [0.25, 0.3) is 0 Å². The molecule has 1 aromatic heterocycles. The van der Waals surface area contributed by atoms with E-state index in [1.54, 1.807) is 12.1 Å². The molecule has 0 fully saturated rings. The number of benzene rings is 1. The molecule has 0 unspecified atom stereocenters. The molecule has 0 aliphatic rings. The Kier molecular flexibility index (Phi) is 2.70. The lowest BCUT2D eigenvalue weighted by atomic mass is 10.2. The average molecular weight is 241 g/mol. The number of hydrogen-bond donors (Lipinski definition) is 0. The van der Waals surface area contributed by atoms with Crippen LogP contribution >= 0.6 is 11.6 Å². The number of aromatic nitrogens is 2. The molecule has 84 valence electrons. The van der Waals surface area contributed by atoms with Gasteiger partial charge < -0.3 is 4.52 Å². The zero-order valence-electron chi connectivity index (χ0n) is 8.51. The molecule has 0 amide bonds. The van der Waals surface area contributed by atoms with E-state index in [-0.39, 0.29) is 6.00 Å². The van der Waals surface area contributed by atoms with Crippen molar-refractivity contribution >= 4 is 11.6 Å². The summed E-state index contributed by atoms with van der Waals surface area (Å²) in [7, 11) is 0. The summed E-state index contributed by atoms with van der Waals surface area (Å²) in [6.45, 7) is 1.92. The molecule has 0 aliphatic heterocycles. The minimum absolute atomic E-state index is 0.222. The number of alkyl halides is 1. The molecule has 1 aromatic carbocycles. The third kappa shape index (κ3) is 1.69. The Morgan fingerprint density at radius 3 is 2.38 bits per heavy atom. The van der Waals surface area contributed by atoms with E-state index in [1.165, 1.54) is 0 Å². The van der Waals surface area contributed by atoms with E-state index in [9.17, 15) is 9.59 Å². The Bertz CT molecular complexity index is 606. The van der Waals surface area contributed by atoms with Crippen LogP contribution in [0, 0.1) is 6.92 Å². The number of aryl methyl sites for hydroxylation is 1. The fourth-order valence-corrected chi connectivity index (χ4v) is 1.50. The number of halogens is 1. The summed E-state index contributed by atoms with van der Waals surface area (Å²) in [6.07, 6.45) is 0. The third-order valence-corrected chi connectivity index (χ3v) is 2.42. The first-order chi connectivity index (χ1) is 7.63. The Hall–Kier alpha value is -1.75. The largest absolute Gasteiger partial charge is 0.444 e. The van der Waals surface area contributed by atoms with E-state index in [4.69, 9.17) is 16.1 Å². The van der Waals surface area contributed by atoms with Crippen molar-refractivity contribution in [3.63, 3.8) is 0 Å². The fourth-order valence-electron chi connectivity index (χ4n) is 1.30. The van der Waals surface area contributed by atoms with Crippen LogP contribution in [0.5, 0.6) is 0 Å². The van der Waals surface area contributed by atoms with Gasteiger partial charge in [-0.2, -0.15) is 0 Å². The van der Waals surface area contributed by atoms with Gasteiger partial charge in [0.2, 0.25) is 0 Å². The first kappa shape index (κ1) is 10.8. The SMILES string of the molecule is Cc1ccc(-n2oc(=O)n(CCl)c2=O)cc1. The first-order valence-corrected chi connectivity index (χ1v) is 5.13. The third-order valence-electron chi connectivity index (χ3n) is 2.18. The molecule has 0 atom stereocenters. The quantitative estimate of drug-likeness (QED) is 0.739. The summed E-state index contributed by atoms with van der Waals surface area (Å²) in [5.74, 6) is -0.763. The van der Waals surface area contributed by atoms with E-state index < -0.39 is 11.4 Å². The van der Waals surface area contributed by atoms with E-state index in [0.29, 0.717) is 5.69 Å². The van der Waals surface area contributed by atoms with Gasteiger partial charge in [-0.25, -0.2) is 14.2 Å². The first-order valence-electron chi connectivity index (χ1n) is 4.59. The highest BCUT2D eigenvalue weighted by molar-refractivity contribution is 6.15. The lowest BCUT2D eigenvalue weighted by Gasteiger charge is -1.98. The number of rotatable bonds is 2. The zero-order valence-corrected chi connectivity index (χ0v) is 9.27. The molecule has 0 spiro atoms. The standard InChI is InChI=1S/C10H9ClN2O3/c1-7-2-4-8(5-3-7)13-9(14)12(6-11)10(15)16-13/h2-5H,6H2,1H3. The Labute approximate surface area is 95.4 Å². The maximum absolute atomic E-state index is 11.7. The van der Waals surface area contributed by atoms with Crippen molar-refractivity contribution in [2.24, 2.45) is 0 Å². The van der Waals surface area contributed by atoms with Crippen LogP contribution < -0.4 is 11.4 Å². The Morgan fingerprint density at radius 2 is 1.88 bits per heavy atom. The van der Waals surface area contributed by atoms with Gasteiger partial charge in [-0.1, -0.05) is 17.7 Å². The summed E-state index contributed by atoms with van der Waals surface area (Å²) in [4.78, 5) is 22.9. The van der Waals surface area contributed by atoms with Gasteiger partial charge in [0, 0.05) is 0 Å². The molecule has 1 heterocycles. The summed E-state index contributed by atoms with van der Waals surface area (Å²) in [5, 5.41) is 0. The predicted molar refractivity (Wildman–Crippen MR) is 59.2 cm³/mol. The van der Waals surface area contributed by atoms with Crippen molar-refractivity contribution < 1.29 is 4.52 Å². The molecule has 0 radical (unpaired) electrons. The lowest BCUT2D eigenvalue weighted by molar-refractivity contribution is 0.312. The van der Waals surface area contributed by atoms with Gasteiger partial charge in [0.1, 0.15) is 6.00 Å².